The highest BCUT2D eigenvalue weighted by atomic mass is 79.9. The van der Waals surface area contributed by atoms with Crippen LogP contribution in [0.4, 0.5) is 0 Å². The van der Waals surface area contributed by atoms with Gasteiger partial charge < -0.3 is 17.0 Å². The summed E-state index contributed by atoms with van der Waals surface area (Å²) in [5.41, 5.74) is 0. The zero-order valence-corrected chi connectivity index (χ0v) is 8.13. The van der Waals surface area contributed by atoms with Crippen molar-refractivity contribution < 1.29 is 32.2 Å². The Kier molecular flexibility index (Phi) is 7.92. The number of halogens is 1. The summed E-state index contributed by atoms with van der Waals surface area (Å²) in [7, 11) is 0. The summed E-state index contributed by atoms with van der Waals surface area (Å²) in [6.07, 6.45) is 1.86. The third-order valence-corrected chi connectivity index (χ3v) is 1.38. The van der Waals surface area contributed by atoms with Gasteiger partial charge in [-0.1, -0.05) is 13.3 Å². The molecule has 0 aromatic heterocycles. The molecule has 64 valence electrons. The lowest BCUT2D eigenvalue weighted by molar-refractivity contribution is -1.24. The number of quaternary nitrogens is 1. The van der Waals surface area contributed by atoms with Crippen LogP contribution in [0.25, 0.3) is 0 Å². The van der Waals surface area contributed by atoms with E-state index in [-0.39, 0.29) is 17.0 Å². The zero-order chi connectivity index (χ0) is 7.33. The Morgan fingerprint density at radius 2 is 1.70 bits per heavy atom. The van der Waals surface area contributed by atoms with Crippen molar-refractivity contribution in [3.63, 3.8) is 0 Å². The number of hydrogen-bond acceptors (Lipinski definition) is 2. The molecular weight excluding hydrogens is 198 g/mol. The van der Waals surface area contributed by atoms with E-state index in [0.717, 1.165) is 12.8 Å². The van der Waals surface area contributed by atoms with Crippen LogP contribution in [-0.2, 0) is 0 Å². The van der Waals surface area contributed by atoms with Gasteiger partial charge in [0.05, 0.1) is 0 Å². The van der Waals surface area contributed by atoms with Crippen molar-refractivity contribution in [2.45, 2.75) is 26.7 Å². The third kappa shape index (κ3) is 6.48. The van der Waals surface area contributed by atoms with Crippen LogP contribution in [0.3, 0.4) is 0 Å². The first-order chi connectivity index (χ1) is 4.12. The second-order valence-electron chi connectivity index (χ2n) is 2.27. The van der Waals surface area contributed by atoms with Gasteiger partial charge in [0.2, 0.25) is 0 Å². The van der Waals surface area contributed by atoms with Crippen LogP contribution in [0.2, 0.25) is 0 Å². The number of hydrogen-bond donors (Lipinski definition) is 2. The van der Waals surface area contributed by atoms with Gasteiger partial charge in [-0.3, -0.25) is 0 Å². The highest BCUT2D eigenvalue weighted by molar-refractivity contribution is 4.27. The second-order valence-corrected chi connectivity index (χ2v) is 2.27. The van der Waals surface area contributed by atoms with Gasteiger partial charge in [-0.15, -0.1) is 0 Å². The Hall–Kier alpha value is 0.360. The van der Waals surface area contributed by atoms with Crippen LogP contribution in [0.5, 0.6) is 0 Å². The van der Waals surface area contributed by atoms with Gasteiger partial charge in [0.1, 0.15) is 13.1 Å². The third-order valence-electron chi connectivity index (χ3n) is 1.38. The lowest BCUT2D eigenvalue weighted by Crippen LogP contribution is -3.00. The number of unbranched alkanes of at least 4 members (excludes halogenated alkanes) is 1. The van der Waals surface area contributed by atoms with Gasteiger partial charge in [-0.2, -0.15) is 10.4 Å². The molecule has 0 saturated carbocycles. The standard InChI is InChI=1S/C6H16NO2.BrH/c1-3-5-6-7(8,9)4-2;/h8-9H,3-6H2,1-2H3;1H/q+1;/p-1. The van der Waals surface area contributed by atoms with Gasteiger partial charge in [-0.05, 0) is 11.7 Å². The van der Waals surface area contributed by atoms with Gasteiger partial charge in [0.25, 0.3) is 0 Å². The smallest absolute Gasteiger partial charge is 0.142 e. The summed E-state index contributed by atoms with van der Waals surface area (Å²) in [5, 5.41) is 17.9. The van der Waals surface area contributed by atoms with Crippen molar-refractivity contribution in [2.75, 3.05) is 13.1 Å². The minimum absolute atomic E-state index is 0. The molecule has 0 aliphatic rings. The fraction of sp³-hybridized carbons (Fsp3) is 1.00. The molecule has 0 saturated heterocycles. The van der Waals surface area contributed by atoms with Crippen LogP contribution >= 0.6 is 0 Å². The molecule has 4 heteroatoms. The van der Waals surface area contributed by atoms with Crippen LogP contribution in [-0.4, -0.2) is 28.3 Å². The largest absolute Gasteiger partial charge is 1.00 e. The first-order valence-corrected chi connectivity index (χ1v) is 3.45. The lowest BCUT2D eigenvalue weighted by Gasteiger charge is -2.18. The highest BCUT2D eigenvalue weighted by Crippen LogP contribution is 1.98. The summed E-state index contributed by atoms with van der Waals surface area (Å²) in [6.45, 7) is 4.57. The number of hydroxylamine groups is 4. The fourth-order valence-corrected chi connectivity index (χ4v) is 0.569. The molecule has 0 fully saturated rings. The summed E-state index contributed by atoms with van der Waals surface area (Å²) in [6, 6.07) is 0. The van der Waals surface area contributed by atoms with E-state index in [1.54, 1.807) is 6.92 Å². The van der Waals surface area contributed by atoms with E-state index in [9.17, 15) is 0 Å². The van der Waals surface area contributed by atoms with Gasteiger partial charge in [0, 0.05) is 6.42 Å². The summed E-state index contributed by atoms with van der Waals surface area (Å²) < 4.78 is 0. The molecule has 0 aliphatic carbocycles. The Labute approximate surface area is 72.5 Å². The molecule has 0 radical (unpaired) electrons. The zero-order valence-electron chi connectivity index (χ0n) is 6.55. The maximum atomic E-state index is 8.95. The van der Waals surface area contributed by atoms with Crippen LogP contribution in [0.15, 0.2) is 0 Å². The average Bonchev–Trinajstić information content (AvgIpc) is 1.84. The molecule has 2 N–H and O–H groups in total. The molecule has 0 aromatic rings. The molecule has 0 rings (SSSR count). The summed E-state index contributed by atoms with van der Waals surface area (Å²) >= 11 is 0. The Morgan fingerprint density at radius 1 is 1.20 bits per heavy atom. The quantitative estimate of drug-likeness (QED) is 0.437. The molecular formula is C6H16BrNO2. The monoisotopic (exact) mass is 213 g/mol. The molecule has 0 amide bonds. The van der Waals surface area contributed by atoms with Crippen LogP contribution < -0.4 is 17.0 Å². The average molecular weight is 214 g/mol. The van der Waals surface area contributed by atoms with E-state index >= 15 is 0 Å². The molecule has 0 aromatic carbocycles. The molecule has 0 atom stereocenters. The first-order valence-electron chi connectivity index (χ1n) is 3.45. The van der Waals surface area contributed by atoms with Crippen molar-refractivity contribution in [1.29, 1.82) is 0 Å². The van der Waals surface area contributed by atoms with Crippen LogP contribution in [0, 0.1) is 0 Å². The Morgan fingerprint density at radius 3 is 2.00 bits per heavy atom. The maximum Gasteiger partial charge on any atom is 0.142 e. The lowest BCUT2D eigenvalue weighted by atomic mass is 10.3. The van der Waals surface area contributed by atoms with E-state index in [1.807, 2.05) is 6.92 Å². The van der Waals surface area contributed by atoms with E-state index in [4.69, 9.17) is 10.4 Å². The molecule has 0 aliphatic heterocycles. The first kappa shape index (κ1) is 13.0. The second kappa shape index (κ2) is 6.09. The topological polar surface area (TPSA) is 40.5 Å². The van der Waals surface area contributed by atoms with Gasteiger partial charge in [-0.25, -0.2) is 0 Å². The van der Waals surface area contributed by atoms with Crippen molar-refractivity contribution in [1.82, 2.24) is 0 Å². The molecule has 0 heterocycles. The predicted octanol–water partition coefficient (Wildman–Crippen LogP) is -1.59. The SMILES string of the molecule is CCCC[N+](O)(O)CC.[Br-]. The van der Waals surface area contributed by atoms with E-state index in [1.165, 1.54) is 0 Å². The fourth-order valence-electron chi connectivity index (χ4n) is 0.569. The van der Waals surface area contributed by atoms with Crippen molar-refractivity contribution in [3.05, 3.63) is 0 Å². The molecule has 0 unspecified atom stereocenters. The van der Waals surface area contributed by atoms with Gasteiger partial charge >= 0.3 is 0 Å². The van der Waals surface area contributed by atoms with Crippen molar-refractivity contribution in [2.24, 2.45) is 0 Å². The number of rotatable bonds is 4. The molecule has 10 heavy (non-hydrogen) atoms. The van der Waals surface area contributed by atoms with E-state index < -0.39 is 4.81 Å². The van der Waals surface area contributed by atoms with E-state index in [0.29, 0.717) is 13.1 Å². The number of nitrogens with zero attached hydrogens (tertiary/aromatic N) is 1. The molecule has 3 nitrogen and oxygen atoms in total. The summed E-state index contributed by atoms with van der Waals surface area (Å²) in [5.74, 6) is 0. The Balaban J connectivity index is 0. The molecule has 0 spiro atoms. The van der Waals surface area contributed by atoms with Crippen molar-refractivity contribution in [3.8, 4) is 0 Å². The summed E-state index contributed by atoms with van der Waals surface area (Å²) in [4.78, 5) is -0.826. The minimum Gasteiger partial charge on any atom is -1.00 e. The van der Waals surface area contributed by atoms with E-state index in [2.05, 4.69) is 0 Å². The predicted molar refractivity (Wildman–Crippen MR) is 34.1 cm³/mol. The Bertz CT molecular complexity index is 78.1. The highest BCUT2D eigenvalue weighted by Gasteiger charge is 2.17. The minimum atomic E-state index is -0.826. The molecule has 0 bridgehead atoms. The maximum absolute atomic E-state index is 8.95. The van der Waals surface area contributed by atoms with Gasteiger partial charge in [0.15, 0.2) is 0 Å². The van der Waals surface area contributed by atoms with Crippen LogP contribution in [0.1, 0.15) is 26.7 Å². The van der Waals surface area contributed by atoms with Crippen molar-refractivity contribution >= 4 is 0 Å². The normalized spacial score (nSPS) is 10.8.